The summed E-state index contributed by atoms with van der Waals surface area (Å²) in [6.45, 7) is 2.13. The minimum Gasteiger partial charge on any atom is -0.454 e. The van der Waals surface area contributed by atoms with Gasteiger partial charge in [0.05, 0.1) is 0 Å². The third-order valence-electron chi connectivity index (χ3n) is 3.69. The summed E-state index contributed by atoms with van der Waals surface area (Å²) in [5.74, 6) is 0.870. The SMILES string of the molecule is Cc1ccc(-c2cc3ncccc3o2)c2ccccc12. The molecule has 0 radical (unpaired) electrons. The highest BCUT2D eigenvalue weighted by Crippen LogP contribution is 2.33. The van der Waals surface area contributed by atoms with E-state index in [-0.39, 0.29) is 0 Å². The van der Waals surface area contributed by atoms with Crippen LogP contribution in [0.2, 0.25) is 0 Å². The van der Waals surface area contributed by atoms with Crippen molar-refractivity contribution in [2.75, 3.05) is 0 Å². The molecule has 0 N–H and O–H groups in total. The van der Waals surface area contributed by atoms with Crippen molar-refractivity contribution in [3.05, 3.63) is 66.4 Å². The van der Waals surface area contributed by atoms with Crippen LogP contribution in [0.15, 0.2) is 65.2 Å². The van der Waals surface area contributed by atoms with Gasteiger partial charge in [0.15, 0.2) is 5.58 Å². The summed E-state index contributed by atoms with van der Waals surface area (Å²) in [5, 5.41) is 2.48. The lowest BCUT2D eigenvalue weighted by Crippen LogP contribution is -1.82. The fraction of sp³-hybridized carbons (Fsp3) is 0.0556. The number of nitrogens with zero attached hydrogens (tertiary/aromatic N) is 1. The molecule has 0 amide bonds. The zero-order chi connectivity index (χ0) is 13.5. The van der Waals surface area contributed by atoms with Crippen LogP contribution in [0.5, 0.6) is 0 Å². The highest BCUT2D eigenvalue weighted by Gasteiger charge is 2.10. The second kappa shape index (κ2) is 4.20. The third kappa shape index (κ3) is 1.62. The summed E-state index contributed by atoms with van der Waals surface area (Å²) in [4.78, 5) is 4.33. The van der Waals surface area contributed by atoms with Crippen molar-refractivity contribution in [1.29, 1.82) is 0 Å². The Bertz CT molecular complexity index is 888. The topological polar surface area (TPSA) is 26.0 Å². The van der Waals surface area contributed by atoms with Crippen LogP contribution in [0, 0.1) is 6.92 Å². The first-order valence-electron chi connectivity index (χ1n) is 6.66. The molecule has 2 aromatic carbocycles. The van der Waals surface area contributed by atoms with E-state index in [1.807, 2.05) is 18.2 Å². The summed E-state index contributed by atoms with van der Waals surface area (Å²) in [5.41, 5.74) is 4.11. The number of aryl methyl sites for hydroxylation is 1. The first kappa shape index (κ1) is 11.2. The summed E-state index contributed by atoms with van der Waals surface area (Å²) < 4.78 is 5.94. The highest BCUT2D eigenvalue weighted by molar-refractivity contribution is 5.98. The number of hydrogen-bond donors (Lipinski definition) is 0. The van der Waals surface area contributed by atoms with Crippen LogP contribution in [0.25, 0.3) is 33.2 Å². The van der Waals surface area contributed by atoms with Gasteiger partial charge in [-0.1, -0.05) is 36.4 Å². The van der Waals surface area contributed by atoms with Crippen molar-refractivity contribution in [3.8, 4) is 11.3 Å². The fourth-order valence-corrected chi connectivity index (χ4v) is 2.67. The van der Waals surface area contributed by atoms with Gasteiger partial charge in [-0.25, -0.2) is 0 Å². The van der Waals surface area contributed by atoms with Gasteiger partial charge in [0.1, 0.15) is 11.3 Å². The molecular weight excluding hydrogens is 246 g/mol. The Kier molecular flexibility index (Phi) is 2.36. The van der Waals surface area contributed by atoms with Gasteiger partial charge in [-0.05, 0) is 35.4 Å². The van der Waals surface area contributed by atoms with Crippen LogP contribution in [0.1, 0.15) is 5.56 Å². The molecule has 0 aliphatic rings. The maximum atomic E-state index is 5.94. The maximum absolute atomic E-state index is 5.94. The Hall–Kier alpha value is -2.61. The Labute approximate surface area is 116 Å². The second-order valence-electron chi connectivity index (χ2n) is 4.97. The molecular formula is C18H13NO. The van der Waals surface area contributed by atoms with Gasteiger partial charge in [-0.3, -0.25) is 4.98 Å². The van der Waals surface area contributed by atoms with Crippen LogP contribution < -0.4 is 0 Å². The molecule has 0 saturated carbocycles. The molecule has 2 aromatic heterocycles. The van der Waals surface area contributed by atoms with Crippen molar-refractivity contribution in [3.63, 3.8) is 0 Å². The molecule has 20 heavy (non-hydrogen) atoms. The third-order valence-corrected chi connectivity index (χ3v) is 3.69. The van der Waals surface area contributed by atoms with Crippen molar-refractivity contribution >= 4 is 21.9 Å². The molecule has 4 aromatic rings. The average molecular weight is 259 g/mol. The molecule has 2 heteroatoms. The second-order valence-corrected chi connectivity index (χ2v) is 4.97. The van der Waals surface area contributed by atoms with Crippen molar-refractivity contribution in [2.24, 2.45) is 0 Å². The average Bonchev–Trinajstić information content (AvgIpc) is 2.91. The van der Waals surface area contributed by atoms with E-state index in [0.29, 0.717) is 0 Å². The Balaban J connectivity index is 2.04. The summed E-state index contributed by atoms with van der Waals surface area (Å²) in [7, 11) is 0. The van der Waals surface area contributed by atoms with Gasteiger partial charge < -0.3 is 4.42 Å². The summed E-state index contributed by atoms with van der Waals surface area (Å²) in [6.07, 6.45) is 1.79. The normalized spacial score (nSPS) is 11.2. The van der Waals surface area contributed by atoms with Gasteiger partial charge in [-0.15, -0.1) is 0 Å². The molecule has 0 atom stereocenters. The van der Waals surface area contributed by atoms with Gasteiger partial charge in [0, 0.05) is 17.8 Å². The molecule has 2 nitrogen and oxygen atoms in total. The predicted octanol–water partition coefficient (Wildman–Crippen LogP) is 4.96. The molecule has 0 bridgehead atoms. The van der Waals surface area contributed by atoms with E-state index >= 15 is 0 Å². The number of rotatable bonds is 1. The summed E-state index contributed by atoms with van der Waals surface area (Å²) >= 11 is 0. The first-order chi connectivity index (χ1) is 9.83. The number of fused-ring (bicyclic) bond motifs is 2. The Morgan fingerprint density at radius 2 is 1.75 bits per heavy atom. The molecule has 0 spiro atoms. The van der Waals surface area contributed by atoms with Gasteiger partial charge in [-0.2, -0.15) is 0 Å². The van der Waals surface area contributed by atoms with Crippen LogP contribution in [0.4, 0.5) is 0 Å². The van der Waals surface area contributed by atoms with E-state index < -0.39 is 0 Å². The van der Waals surface area contributed by atoms with Crippen molar-refractivity contribution < 1.29 is 4.42 Å². The van der Waals surface area contributed by atoms with Gasteiger partial charge in [0.2, 0.25) is 0 Å². The quantitative estimate of drug-likeness (QED) is 0.483. The monoisotopic (exact) mass is 259 g/mol. The number of pyridine rings is 1. The van der Waals surface area contributed by atoms with Crippen LogP contribution in [-0.2, 0) is 0 Å². The standard InChI is InChI=1S/C18H13NO/c1-12-8-9-15(14-6-3-2-5-13(12)14)18-11-16-17(20-18)7-4-10-19-16/h2-11H,1H3. The zero-order valence-electron chi connectivity index (χ0n) is 11.1. The zero-order valence-corrected chi connectivity index (χ0v) is 11.1. The van der Waals surface area contributed by atoms with Gasteiger partial charge >= 0.3 is 0 Å². The molecule has 96 valence electrons. The lowest BCUT2D eigenvalue weighted by molar-refractivity contribution is 0.632. The van der Waals surface area contributed by atoms with E-state index in [1.54, 1.807) is 6.20 Å². The number of hydrogen-bond acceptors (Lipinski definition) is 2. The molecule has 0 aliphatic heterocycles. The lowest BCUT2D eigenvalue weighted by Gasteiger charge is -2.06. The fourth-order valence-electron chi connectivity index (χ4n) is 2.67. The van der Waals surface area contributed by atoms with E-state index in [4.69, 9.17) is 4.42 Å². The number of furan rings is 1. The van der Waals surface area contributed by atoms with E-state index in [9.17, 15) is 0 Å². The molecule has 4 rings (SSSR count). The van der Waals surface area contributed by atoms with Crippen LogP contribution in [-0.4, -0.2) is 4.98 Å². The molecule has 0 aliphatic carbocycles. The van der Waals surface area contributed by atoms with Crippen LogP contribution in [0.3, 0.4) is 0 Å². The van der Waals surface area contributed by atoms with Crippen molar-refractivity contribution in [2.45, 2.75) is 6.92 Å². The lowest BCUT2D eigenvalue weighted by atomic mass is 9.99. The van der Waals surface area contributed by atoms with Gasteiger partial charge in [0.25, 0.3) is 0 Å². The minimum absolute atomic E-state index is 0.826. The minimum atomic E-state index is 0.826. The maximum Gasteiger partial charge on any atom is 0.153 e. The van der Waals surface area contributed by atoms with Crippen LogP contribution >= 0.6 is 0 Å². The van der Waals surface area contributed by atoms with E-state index in [2.05, 4.69) is 48.3 Å². The highest BCUT2D eigenvalue weighted by atomic mass is 16.3. The van der Waals surface area contributed by atoms with Crippen molar-refractivity contribution in [1.82, 2.24) is 4.98 Å². The predicted molar refractivity (Wildman–Crippen MR) is 81.7 cm³/mol. The summed E-state index contributed by atoms with van der Waals surface area (Å²) in [6, 6.07) is 18.5. The number of aromatic nitrogens is 1. The molecule has 0 saturated heterocycles. The Morgan fingerprint density at radius 3 is 2.60 bits per heavy atom. The molecule has 0 unspecified atom stereocenters. The van der Waals surface area contributed by atoms with E-state index in [1.165, 1.54) is 16.3 Å². The largest absolute Gasteiger partial charge is 0.454 e. The smallest absolute Gasteiger partial charge is 0.153 e. The molecule has 2 heterocycles. The number of benzene rings is 2. The Morgan fingerprint density at radius 1 is 0.900 bits per heavy atom. The van der Waals surface area contributed by atoms with E-state index in [0.717, 1.165) is 22.4 Å². The molecule has 0 fully saturated rings. The first-order valence-corrected chi connectivity index (χ1v) is 6.66.